The van der Waals surface area contributed by atoms with E-state index in [-0.39, 0.29) is 10.9 Å². The van der Waals surface area contributed by atoms with Crippen LogP contribution in [0.25, 0.3) is 22.1 Å². The molecule has 0 radical (unpaired) electrons. The number of methoxy groups -OCH3 is 1. The minimum Gasteiger partial charge on any atom is -0.465 e. The molecule has 4 rings (SSSR count). The van der Waals surface area contributed by atoms with E-state index in [1.54, 1.807) is 48.5 Å². The van der Waals surface area contributed by atoms with Gasteiger partial charge in [0.25, 0.3) is 5.91 Å². The lowest BCUT2D eigenvalue weighted by atomic mass is 10.1. The van der Waals surface area contributed by atoms with E-state index in [1.807, 2.05) is 0 Å². The molecule has 1 aromatic heterocycles. The van der Waals surface area contributed by atoms with Gasteiger partial charge < -0.3 is 10.1 Å². The second-order valence-corrected chi connectivity index (χ2v) is 7.01. The highest BCUT2D eigenvalue weighted by Crippen LogP contribution is 2.25. The Labute approximate surface area is 175 Å². The first kappa shape index (κ1) is 19.1. The van der Waals surface area contributed by atoms with E-state index in [2.05, 4.69) is 15.3 Å². The van der Waals surface area contributed by atoms with Gasteiger partial charge in [-0.25, -0.2) is 14.8 Å². The lowest BCUT2D eigenvalue weighted by molar-refractivity contribution is 0.0602. The van der Waals surface area contributed by atoms with Crippen LogP contribution in [0.2, 0.25) is 10.0 Å². The molecule has 0 bridgehead atoms. The van der Waals surface area contributed by atoms with Crippen LogP contribution in [0.4, 0.5) is 5.69 Å². The van der Waals surface area contributed by atoms with E-state index >= 15 is 0 Å². The quantitative estimate of drug-likeness (QED) is 0.363. The summed E-state index contributed by atoms with van der Waals surface area (Å²) in [4.78, 5) is 33.6. The summed E-state index contributed by atoms with van der Waals surface area (Å²) < 4.78 is 4.81. The number of rotatable bonds is 3. The number of nitrogens with one attached hydrogen (secondary N) is 1. The molecule has 8 heteroatoms. The molecule has 0 saturated carbocycles. The van der Waals surface area contributed by atoms with Gasteiger partial charge in [-0.15, -0.1) is 0 Å². The normalized spacial score (nSPS) is 10.9. The summed E-state index contributed by atoms with van der Waals surface area (Å²) >= 11 is 12.0. The summed E-state index contributed by atoms with van der Waals surface area (Å²) in [6, 6.07) is 14.9. The number of carbonyl (C=O) groups excluding carboxylic acids is 2. The van der Waals surface area contributed by atoms with Gasteiger partial charge in [0.15, 0.2) is 0 Å². The van der Waals surface area contributed by atoms with Gasteiger partial charge in [-0.05, 0) is 48.5 Å². The zero-order valence-electron chi connectivity index (χ0n) is 15.1. The molecule has 4 aromatic rings. The molecule has 0 aliphatic carbocycles. The molecule has 1 heterocycles. The fourth-order valence-electron chi connectivity index (χ4n) is 2.92. The maximum Gasteiger partial charge on any atom is 0.340 e. The molecule has 6 nitrogen and oxygen atoms in total. The average molecular weight is 426 g/mol. The van der Waals surface area contributed by atoms with Gasteiger partial charge in [0.05, 0.1) is 39.8 Å². The molecule has 29 heavy (non-hydrogen) atoms. The molecule has 0 fully saturated rings. The van der Waals surface area contributed by atoms with Crippen LogP contribution >= 0.6 is 23.2 Å². The third-order valence-electron chi connectivity index (χ3n) is 4.30. The first-order chi connectivity index (χ1) is 14.0. The molecule has 3 aromatic carbocycles. The lowest BCUT2D eigenvalue weighted by Crippen LogP contribution is -2.12. The van der Waals surface area contributed by atoms with E-state index in [9.17, 15) is 9.59 Å². The van der Waals surface area contributed by atoms with Gasteiger partial charge in [-0.3, -0.25) is 4.79 Å². The Morgan fingerprint density at radius 1 is 0.897 bits per heavy atom. The van der Waals surface area contributed by atoms with Crippen molar-refractivity contribution in [1.82, 2.24) is 9.97 Å². The first-order valence-corrected chi connectivity index (χ1v) is 9.27. The van der Waals surface area contributed by atoms with Gasteiger partial charge in [0.2, 0.25) is 0 Å². The van der Waals surface area contributed by atoms with Crippen molar-refractivity contribution in [3.05, 3.63) is 75.8 Å². The predicted molar refractivity (Wildman–Crippen MR) is 113 cm³/mol. The Balaban J connectivity index is 1.71. The van der Waals surface area contributed by atoms with Crippen molar-refractivity contribution in [3.8, 4) is 0 Å². The highest BCUT2D eigenvalue weighted by atomic mass is 35.5. The zero-order chi connectivity index (χ0) is 20.5. The Morgan fingerprint density at radius 2 is 1.72 bits per heavy atom. The van der Waals surface area contributed by atoms with Crippen LogP contribution in [0.5, 0.6) is 0 Å². The van der Waals surface area contributed by atoms with E-state index in [0.29, 0.717) is 43.9 Å². The standard InChI is InChI=1S/C21H13Cl2N3O3/c1-29-21(28)14-3-2-4-17-19(14)26-16-8-6-12(10-18(16)25-17)24-20(27)13-7-5-11(22)9-15(13)23/h2-10H,1H3,(H,24,27). The topological polar surface area (TPSA) is 81.2 Å². The minimum absolute atomic E-state index is 0.261. The van der Waals surface area contributed by atoms with Gasteiger partial charge >= 0.3 is 5.97 Å². The number of carbonyl (C=O) groups is 2. The molecule has 0 unspecified atom stereocenters. The number of esters is 1. The molecular weight excluding hydrogens is 413 g/mol. The number of halogens is 2. The number of hydrogen-bond donors (Lipinski definition) is 1. The van der Waals surface area contributed by atoms with Crippen molar-refractivity contribution in [3.63, 3.8) is 0 Å². The third-order valence-corrected chi connectivity index (χ3v) is 4.85. The highest BCUT2D eigenvalue weighted by Gasteiger charge is 2.14. The second-order valence-electron chi connectivity index (χ2n) is 6.17. The first-order valence-electron chi connectivity index (χ1n) is 8.51. The number of anilines is 1. The number of para-hydroxylation sites is 1. The maximum atomic E-state index is 12.5. The monoisotopic (exact) mass is 425 g/mol. The number of nitrogens with zero attached hydrogens (tertiary/aromatic N) is 2. The molecule has 0 saturated heterocycles. The minimum atomic E-state index is -0.479. The molecule has 1 amide bonds. The Kier molecular flexibility index (Phi) is 5.05. The fraction of sp³-hybridized carbons (Fsp3) is 0.0476. The summed E-state index contributed by atoms with van der Waals surface area (Å²) in [5.41, 5.74) is 3.33. The summed E-state index contributed by atoms with van der Waals surface area (Å²) in [6.07, 6.45) is 0. The van der Waals surface area contributed by atoms with Crippen LogP contribution in [0.15, 0.2) is 54.6 Å². The maximum absolute atomic E-state index is 12.5. The average Bonchev–Trinajstić information content (AvgIpc) is 2.71. The van der Waals surface area contributed by atoms with Crippen molar-refractivity contribution in [2.24, 2.45) is 0 Å². The van der Waals surface area contributed by atoms with Crippen molar-refractivity contribution in [1.29, 1.82) is 0 Å². The van der Waals surface area contributed by atoms with Crippen molar-refractivity contribution < 1.29 is 14.3 Å². The fourth-order valence-corrected chi connectivity index (χ4v) is 3.42. The molecule has 0 aliphatic heterocycles. The smallest absolute Gasteiger partial charge is 0.340 e. The Hall–Kier alpha value is -3.22. The van der Waals surface area contributed by atoms with Gasteiger partial charge in [0.1, 0.15) is 5.52 Å². The van der Waals surface area contributed by atoms with Gasteiger partial charge in [0, 0.05) is 10.7 Å². The molecule has 0 aliphatic rings. The number of fused-ring (bicyclic) bond motifs is 2. The number of aromatic nitrogens is 2. The lowest BCUT2D eigenvalue weighted by Gasteiger charge is -2.09. The number of ether oxygens (including phenoxy) is 1. The summed E-state index contributed by atoms with van der Waals surface area (Å²) in [5, 5.41) is 3.50. The van der Waals surface area contributed by atoms with Crippen LogP contribution in [0.3, 0.4) is 0 Å². The third kappa shape index (κ3) is 3.72. The largest absolute Gasteiger partial charge is 0.465 e. The van der Waals surface area contributed by atoms with Crippen LogP contribution in [-0.4, -0.2) is 29.0 Å². The molecule has 144 valence electrons. The van der Waals surface area contributed by atoms with Crippen LogP contribution in [0, 0.1) is 0 Å². The van der Waals surface area contributed by atoms with E-state index < -0.39 is 5.97 Å². The van der Waals surface area contributed by atoms with Crippen molar-refractivity contribution in [2.45, 2.75) is 0 Å². The van der Waals surface area contributed by atoms with E-state index in [0.717, 1.165) is 0 Å². The van der Waals surface area contributed by atoms with E-state index in [4.69, 9.17) is 27.9 Å². The number of hydrogen-bond acceptors (Lipinski definition) is 5. The van der Waals surface area contributed by atoms with Gasteiger partial charge in [-0.2, -0.15) is 0 Å². The summed E-state index contributed by atoms with van der Waals surface area (Å²) in [6.45, 7) is 0. The van der Waals surface area contributed by atoms with Crippen molar-refractivity contribution >= 4 is 62.8 Å². The van der Waals surface area contributed by atoms with Crippen LogP contribution in [0.1, 0.15) is 20.7 Å². The number of benzene rings is 3. The second kappa shape index (κ2) is 7.66. The highest BCUT2D eigenvalue weighted by molar-refractivity contribution is 6.37. The predicted octanol–water partition coefficient (Wildman–Crippen LogP) is 5.13. The molecule has 0 atom stereocenters. The summed E-state index contributed by atoms with van der Waals surface area (Å²) in [7, 11) is 1.32. The van der Waals surface area contributed by atoms with Crippen LogP contribution in [-0.2, 0) is 4.74 Å². The molecule has 1 N–H and O–H groups in total. The van der Waals surface area contributed by atoms with E-state index in [1.165, 1.54) is 13.2 Å². The Bertz CT molecular complexity index is 1290. The SMILES string of the molecule is COC(=O)c1cccc2nc3cc(NC(=O)c4ccc(Cl)cc4Cl)ccc3nc12. The Morgan fingerprint density at radius 3 is 2.48 bits per heavy atom. The summed E-state index contributed by atoms with van der Waals surface area (Å²) in [5.74, 6) is -0.847. The number of amides is 1. The molecular formula is C21H13Cl2N3O3. The zero-order valence-corrected chi connectivity index (χ0v) is 16.6. The molecule has 0 spiro atoms. The van der Waals surface area contributed by atoms with Crippen molar-refractivity contribution in [2.75, 3.05) is 12.4 Å². The van der Waals surface area contributed by atoms with Crippen LogP contribution < -0.4 is 5.32 Å². The van der Waals surface area contributed by atoms with Gasteiger partial charge in [-0.1, -0.05) is 29.3 Å².